The lowest BCUT2D eigenvalue weighted by atomic mass is 10.1. The molecule has 5 heteroatoms. The van der Waals surface area contributed by atoms with Gasteiger partial charge in [-0.05, 0) is 30.7 Å². The van der Waals surface area contributed by atoms with Gasteiger partial charge in [0, 0.05) is 26.6 Å². The van der Waals surface area contributed by atoms with E-state index in [0.717, 1.165) is 32.2 Å². The number of fused-ring (bicyclic) bond motifs is 1. The van der Waals surface area contributed by atoms with E-state index in [4.69, 9.17) is 6.42 Å². The zero-order valence-electron chi connectivity index (χ0n) is 14.4. The maximum Gasteiger partial charge on any atom is 0.244 e. The van der Waals surface area contributed by atoms with Crippen LogP contribution in [0.1, 0.15) is 16.8 Å². The Morgan fingerprint density at radius 1 is 1.27 bits per heavy atom. The maximum absolute atomic E-state index is 12.1. The van der Waals surface area contributed by atoms with Crippen LogP contribution in [0, 0.1) is 19.3 Å². The molecule has 0 fully saturated rings. The van der Waals surface area contributed by atoms with Gasteiger partial charge in [0.25, 0.3) is 0 Å². The Hall–Kier alpha value is -2.84. The van der Waals surface area contributed by atoms with Crippen molar-refractivity contribution >= 4 is 39.0 Å². The molecule has 0 atom stereocenters. The van der Waals surface area contributed by atoms with E-state index >= 15 is 0 Å². The molecular weight excluding hydrogens is 390 g/mol. The third kappa shape index (κ3) is 3.87. The number of nitrogens with one attached hydrogen (secondary N) is 1. The number of halogens is 1. The highest BCUT2D eigenvalue weighted by atomic mass is 79.9. The molecule has 3 aromatic rings. The van der Waals surface area contributed by atoms with Crippen molar-refractivity contribution in [1.29, 1.82) is 0 Å². The molecule has 0 radical (unpaired) electrons. The van der Waals surface area contributed by atoms with Crippen molar-refractivity contribution < 1.29 is 4.79 Å². The number of carbonyl (C=O) groups excluding carboxylic acids is 1. The molecule has 1 N–H and O–H groups in total. The molecule has 4 nitrogen and oxygen atoms in total. The van der Waals surface area contributed by atoms with Gasteiger partial charge in [0.05, 0.1) is 19.2 Å². The predicted molar refractivity (Wildman–Crippen MR) is 109 cm³/mol. The zero-order chi connectivity index (χ0) is 18.5. The summed E-state index contributed by atoms with van der Waals surface area (Å²) in [6.07, 6.45) is 7.45. The van der Waals surface area contributed by atoms with E-state index in [2.05, 4.69) is 36.9 Å². The van der Waals surface area contributed by atoms with Crippen molar-refractivity contribution in [1.82, 2.24) is 9.99 Å². The molecule has 1 amide bonds. The monoisotopic (exact) mass is 407 g/mol. The maximum atomic E-state index is 12.1. The first-order chi connectivity index (χ1) is 12.6. The van der Waals surface area contributed by atoms with Crippen molar-refractivity contribution in [2.75, 3.05) is 0 Å². The molecule has 0 unspecified atom stereocenters. The summed E-state index contributed by atoms with van der Waals surface area (Å²) in [6, 6.07) is 15.7. The van der Waals surface area contributed by atoms with Gasteiger partial charge < -0.3 is 4.57 Å². The Morgan fingerprint density at radius 3 is 2.73 bits per heavy atom. The average molecular weight is 408 g/mol. The fourth-order valence-electron chi connectivity index (χ4n) is 2.91. The van der Waals surface area contributed by atoms with E-state index in [1.165, 1.54) is 0 Å². The lowest BCUT2D eigenvalue weighted by molar-refractivity contribution is -0.120. The number of aromatic nitrogens is 1. The van der Waals surface area contributed by atoms with Crippen molar-refractivity contribution in [2.45, 2.75) is 19.9 Å². The molecule has 2 aromatic carbocycles. The molecule has 3 rings (SSSR count). The number of nitrogens with zero attached hydrogens (tertiary/aromatic N) is 2. The fraction of sp³-hybridized carbons (Fsp3) is 0.143. The number of hydrogen-bond donors (Lipinski definition) is 1. The lowest BCUT2D eigenvalue weighted by Gasteiger charge is -2.03. The van der Waals surface area contributed by atoms with E-state index in [9.17, 15) is 4.79 Å². The minimum atomic E-state index is -0.159. The Morgan fingerprint density at radius 2 is 2.00 bits per heavy atom. The van der Waals surface area contributed by atoms with Gasteiger partial charge in [0.2, 0.25) is 5.91 Å². The average Bonchev–Trinajstić information content (AvgIpc) is 2.90. The Bertz CT molecular complexity index is 1010. The number of terminal acetylenes is 1. The van der Waals surface area contributed by atoms with Crippen LogP contribution < -0.4 is 5.43 Å². The van der Waals surface area contributed by atoms with Crippen LogP contribution in [0.3, 0.4) is 0 Å². The van der Waals surface area contributed by atoms with Gasteiger partial charge in [-0.3, -0.25) is 4.79 Å². The van der Waals surface area contributed by atoms with Crippen LogP contribution in [0.5, 0.6) is 0 Å². The molecule has 1 aromatic heterocycles. The quantitative estimate of drug-likeness (QED) is 0.387. The first kappa shape index (κ1) is 18.0. The van der Waals surface area contributed by atoms with Gasteiger partial charge >= 0.3 is 0 Å². The van der Waals surface area contributed by atoms with Crippen LogP contribution in [-0.4, -0.2) is 16.7 Å². The fourth-order valence-corrected chi connectivity index (χ4v) is 3.18. The summed E-state index contributed by atoms with van der Waals surface area (Å²) < 4.78 is 3.05. The molecule has 1 heterocycles. The second-order valence-electron chi connectivity index (χ2n) is 5.90. The van der Waals surface area contributed by atoms with Gasteiger partial charge in [-0.2, -0.15) is 5.10 Å². The molecule has 0 aliphatic carbocycles. The summed E-state index contributed by atoms with van der Waals surface area (Å²) in [7, 11) is 0. The lowest BCUT2D eigenvalue weighted by Crippen LogP contribution is -2.19. The number of benzene rings is 2. The third-order valence-electron chi connectivity index (χ3n) is 4.19. The molecule has 130 valence electrons. The Kier molecular flexibility index (Phi) is 5.55. The number of carbonyl (C=O) groups is 1. The number of hydrazone groups is 1. The summed E-state index contributed by atoms with van der Waals surface area (Å²) in [4.78, 5) is 12.1. The van der Waals surface area contributed by atoms with Crippen LogP contribution >= 0.6 is 15.9 Å². The van der Waals surface area contributed by atoms with E-state index in [-0.39, 0.29) is 12.3 Å². The first-order valence-corrected chi connectivity index (χ1v) is 8.97. The first-order valence-electron chi connectivity index (χ1n) is 8.18. The van der Waals surface area contributed by atoms with E-state index in [1.807, 2.05) is 55.5 Å². The number of hydrogen-bond acceptors (Lipinski definition) is 2. The normalized spacial score (nSPS) is 11.0. The smallest absolute Gasteiger partial charge is 0.244 e. The highest BCUT2D eigenvalue weighted by molar-refractivity contribution is 9.10. The number of amides is 1. The van der Waals surface area contributed by atoms with E-state index in [0.29, 0.717) is 6.54 Å². The molecular formula is C21H18BrN3O. The predicted octanol–water partition coefficient (Wildman–Crippen LogP) is 4.04. The van der Waals surface area contributed by atoms with Gasteiger partial charge in [-0.15, -0.1) is 6.42 Å². The molecule has 0 bridgehead atoms. The largest absolute Gasteiger partial charge is 0.333 e. The molecule has 0 spiro atoms. The Labute approximate surface area is 161 Å². The van der Waals surface area contributed by atoms with Crippen LogP contribution in [0.4, 0.5) is 0 Å². The SMILES string of the molecule is C#CCn1c(C)c(/C=N\NC(=O)Cc2ccc(Br)cc2)c2ccccc21. The number of rotatable bonds is 5. The minimum absolute atomic E-state index is 0.159. The van der Waals surface area contributed by atoms with Crippen LogP contribution in [-0.2, 0) is 17.8 Å². The summed E-state index contributed by atoms with van der Waals surface area (Å²) in [5.41, 5.74) is 6.57. The summed E-state index contributed by atoms with van der Waals surface area (Å²) in [6.45, 7) is 2.50. The van der Waals surface area contributed by atoms with Crippen molar-refractivity contribution in [3.63, 3.8) is 0 Å². The van der Waals surface area contributed by atoms with Gasteiger partial charge in [0.1, 0.15) is 0 Å². The molecule has 26 heavy (non-hydrogen) atoms. The van der Waals surface area contributed by atoms with E-state index < -0.39 is 0 Å². The topological polar surface area (TPSA) is 46.4 Å². The standard InChI is InChI=1S/C21H18BrN3O/c1-3-12-25-15(2)19(18-6-4-5-7-20(18)25)14-23-24-21(26)13-16-8-10-17(22)11-9-16/h1,4-11,14H,12-13H2,2H3,(H,24,26)/b23-14-. The van der Waals surface area contributed by atoms with Crippen LogP contribution in [0.2, 0.25) is 0 Å². The highest BCUT2D eigenvalue weighted by Crippen LogP contribution is 2.24. The Balaban J connectivity index is 1.76. The molecule has 0 saturated carbocycles. The second kappa shape index (κ2) is 8.03. The van der Waals surface area contributed by atoms with Crippen molar-refractivity contribution in [2.24, 2.45) is 5.10 Å². The molecule has 0 saturated heterocycles. The summed E-state index contributed by atoms with van der Waals surface area (Å²) in [5, 5.41) is 5.20. The van der Waals surface area contributed by atoms with Crippen LogP contribution in [0.25, 0.3) is 10.9 Å². The van der Waals surface area contributed by atoms with E-state index in [1.54, 1.807) is 6.21 Å². The zero-order valence-corrected chi connectivity index (χ0v) is 16.0. The van der Waals surface area contributed by atoms with Crippen molar-refractivity contribution in [3.05, 3.63) is 69.8 Å². The molecule has 0 aliphatic heterocycles. The molecule has 0 aliphatic rings. The summed E-state index contributed by atoms with van der Waals surface area (Å²) >= 11 is 3.38. The highest BCUT2D eigenvalue weighted by Gasteiger charge is 2.11. The number of para-hydroxylation sites is 1. The van der Waals surface area contributed by atoms with Crippen LogP contribution in [0.15, 0.2) is 58.1 Å². The van der Waals surface area contributed by atoms with Gasteiger partial charge in [-0.25, -0.2) is 5.43 Å². The van der Waals surface area contributed by atoms with Gasteiger partial charge in [-0.1, -0.05) is 52.2 Å². The summed E-state index contributed by atoms with van der Waals surface area (Å²) in [5.74, 6) is 2.52. The van der Waals surface area contributed by atoms with Crippen molar-refractivity contribution in [3.8, 4) is 12.3 Å². The van der Waals surface area contributed by atoms with Gasteiger partial charge in [0.15, 0.2) is 0 Å². The second-order valence-corrected chi connectivity index (χ2v) is 6.82. The third-order valence-corrected chi connectivity index (χ3v) is 4.72. The minimum Gasteiger partial charge on any atom is -0.333 e.